The van der Waals surface area contributed by atoms with E-state index in [9.17, 15) is 5.11 Å². The number of halogens is 1. The molecular weight excluding hydrogens is 336 g/mol. The molecular formula is C20H33ClN2O2. The van der Waals surface area contributed by atoms with Gasteiger partial charge in [0, 0.05) is 19.6 Å². The summed E-state index contributed by atoms with van der Waals surface area (Å²) < 4.78 is 5.68. The quantitative estimate of drug-likeness (QED) is 0.646. The highest BCUT2D eigenvalue weighted by molar-refractivity contribution is 6.32. The van der Waals surface area contributed by atoms with Gasteiger partial charge in [-0.05, 0) is 51.0 Å². The second-order valence-electron chi connectivity index (χ2n) is 6.95. The molecule has 1 atom stereocenters. The zero-order valence-corrected chi connectivity index (χ0v) is 16.3. The Balaban J connectivity index is 1.75. The molecule has 0 amide bonds. The van der Waals surface area contributed by atoms with Crippen molar-refractivity contribution < 1.29 is 9.84 Å². The van der Waals surface area contributed by atoms with Gasteiger partial charge in [0.05, 0.1) is 5.02 Å². The highest BCUT2D eigenvalue weighted by atomic mass is 35.5. The molecule has 1 unspecified atom stereocenters. The van der Waals surface area contributed by atoms with Crippen molar-refractivity contribution in [2.24, 2.45) is 0 Å². The maximum atomic E-state index is 10.4. The van der Waals surface area contributed by atoms with Crippen LogP contribution in [0.5, 0.6) is 5.75 Å². The third-order valence-electron chi connectivity index (χ3n) is 4.75. The monoisotopic (exact) mass is 368 g/mol. The Morgan fingerprint density at radius 1 is 1.20 bits per heavy atom. The van der Waals surface area contributed by atoms with Crippen molar-refractivity contribution in [3.8, 4) is 5.75 Å². The predicted octanol–water partition coefficient (Wildman–Crippen LogP) is 3.67. The predicted molar refractivity (Wildman–Crippen MR) is 105 cm³/mol. The SMILES string of the molecule is CCCCN(CCN1CCCCC1)CC(O)COc1ccccc1Cl. The van der Waals surface area contributed by atoms with Gasteiger partial charge in [0.1, 0.15) is 18.5 Å². The van der Waals surface area contributed by atoms with Gasteiger partial charge in [-0.3, -0.25) is 4.90 Å². The lowest BCUT2D eigenvalue weighted by Crippen LogP contribution is -2.42. The standard InChI is InChI=1S/C20H33ClN2O2/c1-2-3-11-23(15-14-22-12-7-4-8-13-22)16-18(24)17-25-20-10-6-5-9-19(20)21/h5-6,9-10,18,24H,2-4,7-8,11-17H2,1H3. The number of likely N-dealkylation sites (tertiary alicyclic amines) is 1. The lowest BCUT2D eigenvalue weighted by atomic mass is 10.1. The van der Waals surface area contributed by atoms with Gasteiger partial charge in [-0.15, -0.1) is 0 Å². The van der Waals surface area contributed by atoms with Crippen LogP contribution in [-0.2, 0) is 0 Å². The molecule has 0 bridgehead atoms. The van der Waals surface area contributed by atoms with Gasteiger partial charge in [0.25, 0.3) is 0 Å². The van der Waals surface area contributed by atoms with Crippen molar-refractivity contribution in [2.45, 2.75) is 45.1 Å². The maximum Gasteiger partial charge on any atom is 0.138 e. The maximum absolute atomic E-state index is 10.4. The number of aliphatic hydroxyl groups excluding tert-OH is 1. The molecule has 0 aromatic heterocycles. The molecule has 1 fully saturated rings. The van der Waals surface area contributed by atoms with Crippen molar-refractivity contribution in [1.29, 1.82) is 0 Å². The summed E-state index contributed by atoms with van der Waals surface area (Å²) in [6.07, 6.45) is 5.85. The largest absolute Gasteiger partial charge is 0.489 e. The van der Waals surface area contributed by atoms with Crippen LogP contribution in [-0.4, -0.2) is 66.9 Å². The summed E-state index contributed by atoms with van der Waals surface area (Å²) >= 11 is 6.10. The Labute approximate surface area is 157 Å². The number of hydrogen-bond acceptors (Lipinski definition) is 4. The molecule has 1 aromatic carbocycles. The second kappa shape index (κ2) is 11.7. The Morgan fingerprint density at radius 3 is 2.68 bits per heavy atom. The van der Waals surface area contributed by atoms with E-state index < -0.39 is 6.10 Å². The number of hydrogen-bond donors (Lipinski definition) is 1. The molecule has 1 aliphatic rings. The minimum atomic E-state index is -0.505. The molecule has 0 aliphatic carbocycles. The zero-order chi connectivity index (χ0) is 17.9. The average molecular weight is 369 g/mol. The average Bonchev–Trinajstić information content (AvgIpc) is 2.64. The van der Waals surface area contributed by atoms with E-state index in [1.807, 2.05) is 18.2 Å². The molecule has 1 aromatic rings. The van der Waals surface area contributed by atoms with Crippen LogP contribution in [0.25, 0.3) is 0 Å². The first kappa shape index (κ1) is 20.5. The highest BCUT2D eigenvalue weighted by Gasteiger charge is 2.15. The van der Waals surface area contributed by atoms with E-state index in [0.29, 0.717) is 17.3 Å². The van der Waals surface area contributed by atoms with Crippen LogP contribution >= 0.6 is 11.6 Å². The van der Waals surface area contributed by atoms with E-state index in [2.05, 4.69) is 16.7 Å². The lowest BCUT2D eigenvalue weighted by Gasteiger charge is -2.31. The summed E-state index contributed by atoms with van der Waals surface area (Å²) in [5.74, 6) is 0.636. The Kier molecular flexibility index (Phi) is 9.63. The number of rotatable bonds is 11. The molecule has 1 heterocycles. The number of unbranched alkanes of at least 4 members (excludes halogenated alkanes) is 1. The van der Waals surface area contributed by atoms with Crippen LogP contribution < -0.4 is 4.74 Å². The van der Waals surface area contributed by atoms with Gasteiger partial charge < -0.3 is 14.7 Å². The molecule has 1 aliphatic heterocycles. The van der Waals surface area contributed by atoms with Gasteiger partial charge in [0.15, 0.2) is 0 Å². The van der Waals surface area contributed by atoms with Gasteiger partial charge in [0.2, 0.25) is 0 Å². The van der Waals surface area contributed by atoms with Crippen LogP contribution in [0.15, 0.2) is 24.3 Å². The minimum Gasteiger partial charge on any atom is -0.489 e. The molecule has 5 heteroatoms. The smallest absolute Gasteiger partial charge is 0.138 e. The molecule has 0 spiro atoms. The summed E-state index contributed by atoms with van der Waals surface area (Å²) in [6, 6.07) is 7.40. The summed E-state index contributed by atoms with van der Waals surface area (Å²) in [7, 11) is 0. The van der Waals surface area contributed by atoms with Crippen molar-refractivity contribution in [3.05, 3.63) is 29.3 Å². The van der Waals surface area contributed by atoms with Crippen LogP contribution in [0.4, 0.5) is 0 Å². The molecule has 0 radical (unpaired) electrons. The highest BCUT2D eigenvalue weighted by Crippen LogP contribution is 2.23. The van der Waals surface area contributed by atoms with Crippen molar-refractivity contribution in [1.82, 2.24) is 9.80 Å². The fraction of sp³-hybridized carbons (Fsp3) is 0.700. The molecule has 1 N–H and O–H groups in total. The molecule has 25 heavy (non-hydrogen) atoms. The number of ether oxygens (including phenoxy) is 1. The Bertz CT molecular complexity index is 481. The van der Waals surface area contributed by atoms with E-state index in [-0.39, 0.29) is 6.61 Å². The minimum absolute atomic E-state index is 0.274. The fourth-order valence-electron chi connectivity index (χ4n) is 3.24. The Morgan fingerprint density at radius 2 is 1.96 bits per heavy atom. The topological polar surface area (TPSA) is 35.9 Å². The second-order valence-corrected chi connectivity index (χ2v) is 7.36. The normalized spacial score (nSPS) is 17.0. The summed E-state index contributed by atoms with van der Waals surface area (Å²) in [5.41, 5.74) is 0. The molecule has 1 saturated heterocycles. The van der Waals surface area contributed by atoms with E-state index in [4.69, 9.17) is 16.3 Å². The number of piperidine rings is 1. The van der Waals surface area contributed by atoms with E-state index >= 15 is 0 Å². The zero-order valence-electron chi connectivity index (χ0n) is 15.5. The molecule has 4 nitrogen and oxygen atoms in total. The van der Waals surface area contributed by atoms with Crippen LogP contribution in [0.3, 0.4) is 0 Å². The van der Waals surface area contributed by atoms with E-state index in [0.717, 1.165) is 26.1 Å². The first-order chi connectivity index (χ1) is 12.2. The van der Waals surface area contributed by atoms with Crippen LogP contribution in [0, 0.1) is 0 Å². The van der Waals surface area contributed by atoms with Crippen molar-refractivity contribution >= 4 is 11.6 Å². The molecule has 142 valence electrons. The molecule has 2 rings (SSSR count). The summed E-state index contributed by atoms with van der Waals surface area (Å²) in [4.78, 5) is 4.92. The van der Waals surface area contributed by atoms with Crippen LogP contribution in [0.2, 0.25) is 5.02 Å². The van der Waals surface area contributed by atoms with Gasteiger partial charge in [-0.25, -0.2) is 0 Å². The number of benzene rings is 1. The van der Waals surface area contributed by atoms with Gasteiger partial charge in [-0.2, -0.15) is 0 Å². The van der Waals surface area contributed by atoms with Crippen molar-refractivity contribution in [3.63, 3.8) is 0 Å². The third kappa shape index (κ3) is 7.95. The van der Waals surface area contributed by atoms with E-state index in [1.165, 1.54) is 38.8 Å². The number of aliphatic hydroxyl groups is 1. The fourth-order valence-corrected chi connectivity index (χ4v) is 3.43. The number of nitrogens with zero attached hydrogens (tertiary/aromatic N) is 2. The van der Waals surface area contributed by atoms with Gasteiger partial charge >= 0.3 is 0 Å². The third-order valence-corrected chi connectivity index (χ3v) is 5.06. The van der Waals surface area contributed by atoms with Crippen LogP contribution in [0.1, 0.15) is 39.0 Å². The van der Waals surface area contributed by atoms with E-state index in [1.54, 1.807) is 6.07 Å². The summed E-state index contributed by atoms with van der Waals surface area (Å²) in [6.45, 7) is 8.73. The molecule has 0 saturated carbocycles. The Hall–Kier alpha value is -0.810. The summed E-state index contributed by atoms with van der Waals surface area (Å²) in [5, 5.41) is 11.0. The number of para-hydroxylation sites is 1. The first-order valence-electron chi connectivity index (χ1n) is 9.69. The first-order valence-corrected chi connectivity index (χ1v) is 10.1. The lowest BCUT2D eigenvalue weighted by molar-refractivity contribution is 0.0626. The van der Waals surface area contributed by atoms with Crippen molar-refractivity contribution in [2.75, 3.05) is 45.9 Å². The van der Waals surface area contributed by atoms with Gasteiger partial charge in [-0.1, -0.05) is 43.5 Å².